The second kappa shape index (κ2) is 5.56. The molecule has 1 aliphatic carbocycles. The van der Waals surface area contributed by atoms with Crippen molar-refractivity contribution >= 4 is 11.7 Å². The molecule has 4 heteroatoms. The van der Waals surface area contributed by atoms with Crippen LogP contribution in [0.4, 0.5) is 10.1 Å². The van der Waals surface area contributed by atoms with Gasteiger partial charge in [-0.1, -0.05) is 24.3 Å². The predicted octanol–water partition coefficient (Wildman–Crippen LogP) is 3.64. The molecule has 0 saturated heterocycles. The number of esters is 1. The standard InChI is InChI=1S/C17H16FNO2/c18-15-9-8-12(19)10-14(15)17(20)21-16-7-3-5-11-4-1-2-6-13(11)16/h1-2,4,6,8-10,16H,3,5,7,19H2. The van der Waals surface area contributed by atoms with Crippen LogP contribution in [0.15, 0.2) is 42.5 Å². The molecule has 1 atom stereocenters. The molecule has 1 unspecified atom stereocenters. The van der Waals surface area contributed by atoms with Gasteiger partial charge in [0.15, 0.2) is 0 Å². The predicted molar refractivity (Wildman–Crippen MR) is 78.3 cm³/mol. The van der Waals surface area contributed by atoms with Crippen LogP contribution in [-0.2, 0) is 11.2 Å². The van der Waals surface area contributed by atoms with E-state index in [1.54, 1.807) is 0 Å². The smallest absolute Gasteiger partial charge is 0.341 e. The van der Waals surface area contributed by atoms with Crippen LogP contribution in [0.1, 0.15) is 40.4 Å². The molecule has 0 aromatic heterocycles. The van der Waals surface area contributed by atoms with Crippen LogP contribution < -0.4 is 5.73 Å². The van der Waals surface area contributed by atoms with Gasteiger partial charge in [0, 0.05) is 5.69 Å². The molecular formula is C17H16FNO2. The number of anilines is 1. The fourth-order valence-electron chi connectivity index (χ4n) is 2.72. The third kappa shape index (κ3) is 2.75. The zero-order valence-electron chi connectivity index (χ0n) is 11.5. The number of benzene rings is 2. The maximum atomic E-state index is 13.7. The second-order valence-electron chi connectivity index (χ2n) is 5.22. The van der Waals surface area contributed by atoms with Gasteiger partial charge in [-0.3, -0.25) is 0 Å². The number of nitrogen functional groups attached to an aromatic ring is 1. The van der Waals surface area contributed by atoms with E-state index in [1.165, 1.54) is 23.8 Å². The highest BCUT2D eigenvalue weighted by atomic mass is 19.1. The number of rotatable bonds is 2. The molecule has 0 fully saturated rings. The summed E-state index contributed by atoms with van der Waals surface area (Å²) in [5, 5.41) is 0. The number of aryl methyl sites for hydroxylation is 1. The molecule has 0 bridgehead atoms. The number of ether oxygens (including phenoxy) is 1. The topological polar surface area (TPSA) is 52.3 Å². The number of halogens is 1. The van der Waals surface area contributed by atoms with Crippen LogP contribution in [-0.4, -0.2) is 5.97 Å². The second-order valence-corrected chi connectivity index (χ2v) is 5.22. The molecule has 1 aliphatic rings. The first kappa shape index (κ1) is 13.6. The number of carbonyl (C=O) groups is 1. The van der Waals surface area contributed by atoms with Crippen molar-refractivity contribution in [2.45, 2.75) is 25.4 Å². The lowest BCUT2D eigenvalue weighted by Gasteiger charge is -2.25. The Kier molecular flexibility index (Phi) is 3.60. The van der Waals surface area contributed by atoms with Crippen LogP contribution in [0.3, 0.4) is 0 Å². The van der Waals surface area contributed by atoms with Crippen molar-refractivity contribution in [3.63, 3.8) is 0 Å². The van der Waals surface area contributed by atoms with E-state index < -0.39 is 11.8 Å². The molecule has 3 nitrogen and oxygen atoms in total. The molecule has 0 aliphatic heterocycles. The highest BCUT2D eigenvalue weighted by Gasteiger charge is 2.25. The summed E-state index contributed by atoms with van der Waals surface area (Å²) in [6, 6.07) is 11.8. The van der Waals surface area contributed by atoms with Crippen LogP contribution in [0.25, 0.3) is 0 Å². The Balaban J connectivity index is 1.84. The van der Waals surface area contributed by atoms with Crippen molar-refractivity contribution in [3.8, 4) is 0 Å². The zero-order valence-corrected chi connectivity index (χ0v) is 11.5. The Morgan fingerprint density at radius 2 is 2.05 bits per heavy atom. The Morgan fingerprint density at radius 1 is 1.24 bits per heavy atom. The molecule has 3 rings (SSSR count). The van der Waals surface area contributed by atoms with Crippen molar-refractivity contribution < 1.29 is 13.9 Å². The van der Waals surface area contributed by atoms with Crippen LogP contribution in [0.2, 0.25) is 0 Å². The van der Waals surface area contributed by atoms with E-state index in [4.69, 9.17) is 10.5 Å². The van der Waals surface area contributed by atoms with Gasteiger partial charge in [0.05, 0.1) is 5.56 Å². The minimum Gasteiger partial charge on any atom is -0.454 e. The lowest BCUT2D eigenvalue weighted by atomic mass is 9.89. The minimum absolute atomic E-state index is 0.113. The normalized spacial score (nSPS) is 17.1. The lowest BCUT2D eigenvalue weighted by molar-refractivity contribution is 0.0251. The van der Waals surface area contributed by atoms with Gasteiger partial charge in [0.2, 0.25) is 0 Å². The zero-order chi connectivity index (χ0) is 14.8. The van der Waals surface area contributed by atoms with Gasteiger partial charge in [-0.2, -0.15) is 0 Å². The fourth-order valence-corrected chi connectivity index (χ4v) is 2.72. The van der Waals surface area contributed by atoms with Gasteiger partial charge in [-0.05, 0) is 48.6 Å². The summed E-state index contributed by atoms with van der Waals surface area (Å²) in [6.45, 7) is 0. The summed E-state index contributed by atoms with van der Waals surface area (Å²) in [5.41, 5.74) is 8.03. The van der Waals surface area contributed by atoms with Crippen molar-refractivity contribution in [1.82, 2.24) is 0 Å². The van der Waals surface area contributed by atoms with Gasteiger partial charge in [0.1, 0.15) is 11.9 Å². The molecule has 21 heavy (non-hydrogen) atoms. The Morgan fingerprint density at radius 3 is 2.90 bits per heavy atom. The number of carbonyl (C=O) groups excluding carboxylic acids is 1. The van der Waals surface area contributed by atoms with Gasteiger partial charge >= 0.3 is 5.97 Å². The first-order chi connectivity index (χ1) is 10.1. The summed E-state index contributed by atoms with van der Waals surface area (Å²) < 4.78 is 19.2. The van der Waals surface area contributed by atoms with Gasteiger partial charge in [-0.25, -0.2) is 9.18 Å². The van der Waals surface area contributed by atoms with Gasteiger partial charge in [0.25, 0.3) is 0 Å². The van der Waals surface area contributed by atoms with E-state index in [1.807, 2.05) is 24.3 Å². The molecular weight excluding hydrogens is 269 g/mol. The molecule has 2 aromatic carbocycles. The van der Waals surface area contributed by atoms with E-state index in [-0.39, 0.29) is 11.7 Å². The fraction of sp³-hybridized carbons (Fsp3) is 0.235. The maximum absolute atomic E-state index is 13.7. The number of fused-ring (bicyclic) bond motifs is 1. The average molecular weight is 285 g/mol. The number of hydrogen-bond donors (Lipinski definition) is 1. The molecule has 2 N–H and O–H groups in total. The summed E-state index contributed by atoms with van der Waals surface area (Å²) in [4.78, 5) is 12.2. The van der Waals surface area contributed by atoms with Gasteiger partial charge < -0.3 is 10.5 Å². The highest BCUT2D eigenvalue weighted by molar-refractivity contribution is 5.90. The Labute approximate surface area is 122 Å². The summed E-state index contributed by atoms with van der Waals surface area (Å²) in [6.07, 6.45) is 2.38. The van der Waals surface area contributed by atoms with Crippen molar-refractivity contribution in [3.05, 3.63) is 65.0 Å². The Hall–Kier alpha value is -2.36. The van der Waals surface area contributed by atoms with Crippen molar-refractivity contribution in [2.24, 2.45) is 0 Å². The molecule has 0 spiro atoms. The summed E-state index contributed by atoms with van der Waals surface area (Å²) in [7, 11) is 0. The quantitative estimate of drug-likeness (QED) is 0.677. The molecule has 2 aromatic rings. The monoisotopic (exact) mass is 285 g/mol. The van der Waals surface area contributed by atoms with Gasteiger partial charge in [-0.15, -0.1) is 0 Å². The van der Waals surface area contributed by atoms with Crippen molar-refractivity contribution in [2.75, 3.05) is 5.73 Å². The summed E-state index contributed by atoms with van der Waals surface area (Å²) >= 11 is 0. The Bertz CT molecular complexity index is 684. The van der Waals surface area contributed by atoms with E-state index in [0.29, 0.717) is 5.69 Å². The molecule has 108 valence electrons. The third-order valence-electron chi connectivity index (χ3n) is 3.77. The molecule has 0 amide bonds. The van der Waals surface area contributed by atoms with Crippen molar-refractivity contribution in [1.29, 1.82) is 0 Å². The molecule has 0 radical (unpaired) electrons. The lowest BCUT2D eigenvalue weighted by Crippen LogP contribution is -2.17. The largest absolute Gasteiger partial charge is 0.454 e. The van der Waals surface area contributed by atoms with E-state index in [0.717, 1.165) is 24.8 Å². The summed E-state index contributed by atoms with van der Waals surface area (Å²) in [5.74, 6) is -1.28. The number of hydrogen-bond acceptors (Lipinski definition) is 3. The first-order valence-corrected chi connectivity index (χ1v) is 6.99. The van der Waals surface area contributed by atoms with Crippen LogP contribution >= 0.6 is 0 Å². The van der Waals surface area contributed by atoms with E-state index in [2.05, 4.69) is 0 Å². The van der Waals surface area contributed by atoms with Crippen LogP contribution in [0.5, 0.6) is 0 Å². The van der Waals surface area contributed by atoms with E-state index >= 15 is 0 Å². The third-order valence-corrected chi connectivity index (χ3v) is 3.77. The molecule has 0 saturated carbocycles. The molecule has 0 heterocycles. The number of nitrogens with two attached hydrogens (primary N) is 1. The average Bonchev–Trinajstić information content (AvgIpc) is 2.50. The first-order valence-electron chi connectivity index (χ1n) is 6.99. The SMILES string of the molecule is Nc1ccc(F)c(C(=O)OC2CCCc3ccccc32)c1. The van der Waals surface area contributed by atoms with Crippen LogP contribution in [0, 0.1) is 5.82 Å². The highest BCUT2D eigenvalue weighted by Crippen LogP contribution is 2.33. The maximum Gasteiger partial charge on any atom is 0.341 e. The minimum atomic E-state index is -0.665. The van der Waals surface area contributed by atoms with E-state index in [9.17, 15) is 9.18 Å².